The van der Waals surface area contributed by atoms with Crippen LogP contribution in [0.15, 0.2) is 24.3 Å². The number of nitrogens with zero attached hydrogens (tertiary/aromatic N) is 1. The minimum absolute atomic E-state index is 0.147. The van der Waals surface area contributed by atoms with Gasteiger partial charge in [0.15, 0.2) is 0 Å². The van der Waals surface area contributed by atoms with E-state index in [1.807, 2.05) is 18.2 Å². The number of methoxy groups -OCH3 is 1. The quantitative estimate of drug-likeness (QED) is 0.928. The molecule has 3 rings (SSSR count). The van der Waals surface area contributed by atoms with Gasteiger partial charge in [-0.25, -0.2) is 0 Å². The van der Waals surface area contributed by atoms with Crippen molar-refractivity contribution in [1.82, 2.24) is 10.2 Å². The molecule has 0 aromatic heterocycles. The first-order chi connectivity index (χ1) is 10.3. The van der Waals surface area contributed by atoms with Crippen molar-refractivity contribution in [2.75, 3.05) is 26.7 Å². The molecule has 21 heavy (non-hydrogen) atoms. The van der Waals surface area contributed by atoms with Gasteiger partial charge in [0.05, 0.1) is 19.1 Å². The summed E-state index contributed by atoms with van der Waals surface area (Å²) in [6.07, 6.45) is 4.23. The maximum absolute atomic E-state index is 12.8. The van der Waals surface area contributed by atoms with Crippen LogP contribution in [0.5, 0.6) is 5.75 Å². The van der Waals surface area contributed by atoms with Crippen molar-refractivity contribution >= 4 is 5.91 Å². The highest BCUT2D eigenvalue weighted by molar-refractivity contribution is 5.80. The number of ether oxygens (including phenoxy) is 1. The number of hydrogen-bond donors (Lipinski definition) is 1. The number of nitrogens with one attached hydrogen (secondary N) is 1. The minimum Gasteiger partial charge on any atom is -0.496 e. The molecular weight excluding hydrogens is 264 g/mol. The van der Waals surface area contributed by atoms with E-state index in [1.54, 1.807) is 7.11 Å². The fourth-order valence-corrected chi connectivity index (χ4v) is 3.59. The maximum atomic E-state index is 12.8. The lowest BCUT2D eigenvalue weighted by atomic mass is 9.96. The molecule has 2 saturated heterocycles. The van der Waals surface area contributed by atoms with E-state index >= 15 is 0 Å². The number of likely N-dealkylation sites (tertiary alicyclic amines) is 1. The SMILES string of the molecule is COc1ccccc1C1CCCN1C(=O)C1CCCNC1. The van der Waals surface area contributed by atoms with E-state index in [0.717, 1.165) is 56.6 Å². The number of piperidine rings is 1. The highest BCUT2D eigenvalue weighted by Gasteiger charge is 2.35. The van der Waals surface area contributed by atoms with Gasteiger partial charge in [0.1, 0.15) is 5.75 Å². The normalized spacial score (nSPS) is 25.9. The van der Waals surface area contributed by atoms with E-state index in [-0.39, 0.29) is 12.0 Å². The van der Waals surface area contributed by atoms with Crippen molar-refractivity contribution < 1.29 is 9.53 Å². The predicted molar refractivity (Wildman–Crippen MR) is 82.3 cm³/mol. The minimum atomic E-state index is 0.147. The molecule has 0 spiro atoms. The molecule has 1 aromatic rings. The van der Waals surface area contributed by atoms with Crippen LogP contribution in [0.4, 0.5) is 0 Å². The Bertz CT molecular complexity index is 497. The highest BCUT2D eigenvalue weighted by Crippen LogP contribution is 2.38. The summed E-state index contributed by atoms with van der Waals surface area (Å²) < 4.78 is 5.48. The lowest BCUT2D eigenvalue weighted by Crippen LogP contribution is -2.42. The van der Waals surface area contributed by atoms with Crippen molar-refractivity contribution in [3.63, 3.8) is 0 Å². The first kappa shape index (κ1) is 14.4. The van der Waals surface area contributed by atoms with Crippen LogP contribution >= 0.6 is 0 Å². The summed E-state index contributed by atoms with van der Waals surface area (Å²) in [5, 5.41) is 3.34. The van der Waals surface area contributed by atoms with Gasteiger partial charge in [0.2, 0.25) is 5.91 Å². The summed E-state index contributed by atoms with van der Waals surface area (Å²) in [5.41, 5.74) is 1.15. The van der Waals surface area contributed by atoms with Gasteiger partial charge >= 0.3 is 0 Å². The van der Waals surface area contributed by atoms with Gasteiger partial charge < -0.3 is 15.0 Å². The summed E-state index contributed by atoms with van der Waals surface area (Å²) in [6.45, 7) is 2.74. The number of carbonyl (C=O) groups is 1. The van der Waals surface area contributed by atoms with Crippen LogP contribution in [-0.4, -0.2) is 37.6 Å². The fourth-order valence-electron chi connectivity index (χ4n) is 3.59. The summed E-state index contributed by atoms with van der Waals surface area (Å²) in [5.74, 6) is 1.36. The van der Waals surface area contributed by atoms with Gasteiger partial charge in [0.25, 0.3) is 0 Å². The van der Waals surface area contributed by atoms with Crippen LogP contribution in [-0.2, 0) is 4.79 Å². The molecule has 0 saturated carbocycles. The Morgan fingerprint density at radius 1 is 1.29 bits per heavy atom. The number of para-hydroxylation sites is 1. The third kappa shape index (κ3) is 2.91. The van der Waals surface area contributed by atoms with Crippen molar-refractivity contribution in [2.45, 2.75) is 31.7 Å². The Labute approximate surface area is 126 Å². The molecule has 2 aliphatic rings. The van der Waals surface area contributed by atoms with Crippen molar-refractivity contribution in [3.8, 4) is 5.75 Å². The molecule has 2 fully saturated rings. The first-order valence-electron chi connectivity index (χ1n) is 7.95. The zero-order valence-corrected chi connectivity index (χ0v) is 12.7. The molecule has 1 amide bonds. The molecule has 0 bridgehead atoms. The second kappa shape index (κ2) is 6.48. The smallest absolute Gasteiger partial charge is 0.227 e. The van der Waals surface area contributed by atoms with Crippen LogP contribution in [0.3, 0.4) is 0 Å². The van der Waals surface area contributed by atoms with Crippen LogP contribution in [0.2, 0.25) is 0 Å². The Balaban J connectivity index is 1.80. The molecule has 2 atom stereocenters. The Morgan fingerprint density at radius 2 is 2.14 bits per heavy atom. The average molecular weight is 288 g/mol. The second-order valence-electron chi connectivity index (χ2n) is 5.97. The molecule has 2 heterocycles. The molecule has 1 aromatic carbocycles. The Morgan fingerprint density at radius 3 is 2.90 bits per heavy atom. The molecule has 2 unspecified atom stereocenters. The number of benzene rings is 1. The lowest BCUT2D eigenvalue weighted by molar-refractivity contribution is -0.137. The van der Waals surface area contributed by atoms with Crippen molar-refractivity contribution in [1.29, 1.82) is 0 Å². The zero-order valence-electron chi connectivity index (χ0n) is 12.7. The van der Waals surface area contributed by atoms with Crippen LogP contribution in [0, 0.1) is 5.92 Å². The van der Waals surface area contributed by atoms with Crippen LogP contribution < -0.4 is 10.1 Å². The summed E-state index contributed by atoms with van der Waals surface area (Å²) in [4.78, 5) is 14.9. The zero-order chi connectivity index (χ0) is 14.7. The molecule has 4 nitrogen and oxygen atoms in total. The standard InChI is InChI=1S/C17H24N2O2/c1-21-16-9-3-2-7-14(16)15-8-5-11-19(15)17(20)13-6-4-10-18-12-13/h2-3,7,9,13,15,18H,4-6,8,10-12H2,1H3. The first-order valence-corrected chi connectivity index (χ1v) is 7.95. The van der Waals surface area contributed by atoms with Crippen LogP contribution in [0.25, 0.3) is 0 Å². The van der Waals surface area contributed by atoms with E-state index in [2.05, 4.69) is 16.3 Å². The number of amides is 1. The molecule has 4 heteroatoms. The van der Waals surface area contributed by atoms with E-state index in [1.165, 1.54) is 0 Å². The third-order valence-electron chi connectivity index (χ3n) is 4.68. The Hall–Kier alpha value is -1.55. The Kier molecular flexibility index (Phi) is 4.44. The van der Waals surface area contributed by atoms with Gasteiger partial charge in [-0.3, -0.25) is 4.79 Å². The molecule has 0 aliphatic carbocycles. The predicted octanol–water partition coefficient (Wildman–Crippen LogP) is 2.36. The fraction of sp³-hybridized carbons (Fsp3) is 0.588. The summed E-state index contributed by atoms with van der Waals surface area (Å²) in [7, 11) is 1.70. The largest absolute Gasteiger partial charge is 0.496 e. The van der Waals surface area contributed by atoms with E-state index in [4.69, 9.17) is 4.74 Å². The third-order valence-corrected chi connectivity index (χ3v) is 4.68. The molecule has 114 valence electrons. The molecule has 0 radical (unpaired) electrons. The molecular formula is C17H24N2O2. The van der Waals surface area contributed by atoms with Gasteiger partial charge in [-0.2, -0.15) is 0 Å². The van der Waals surface area contributed by atoms with Gasteiger partial charge in [0, 0.05) is 18.7 Å². The van der Waals surface area contributed by atoms with Gasteiger partial charge in [-0.05, 0) is 38.3 Å². The lowest BCUT2D eigenvalue weighted by Gasteiger charge is -2.31. The van der Waals surface area contributed by atoms with Gasteiger partial charge in [-0.1, -0.05) is 18.2 Å². The highest BCUT2D eigenvalue weighted by atomic mass is 16.5. The number of hydrogen-bond acceptors (Lipinski definition) is 3. The average Bonchev–Trinajstić information content (AvgIpc) is 3.04. The summed E-state index contributed by atoms with van der Waals surface area (Å²) >= 11 is 0. The van der Waals surface area contributed by atoms with E-state index in [9.17, 15) is 4.79 Å². The van der Waals surface area contributed by atoms with E-state index < -0.39 is 0 Å². The van der Waals surface area contributed by atoms with Crippen molar-refractivity contribution in [3.05, 3.63) is 29.8 Å². The number of rotatable bonds is 3. The topological polar surface area (TPSA) is 41.6 Å². The molecule has 2 aliphatic heterocycles. The molecule has 1 N–H and O–H groups in total. The van der Waals surface area contributed by atoms with E-state index in [0.29, 0.717) is 5.91 Å². The van der Waals surface area contributed by atoms with Crippen molar-refractivity contribution in [2.24, 2.45) is 5.92 Å². The monoisotopic (exact) mass is 288 g/mol. The second-order valence-corrected chi connectivity index (χ2v) is 5.97. The summed E-state index contributed by atoms with van der Waals surface area (Å²) in [6, 6.07) is 8.26. The number of carbonyl (C=O) groups excluding carboxylic acids is 1. The van der Waals surface area contributed by atoms with Crippen LogP contribution in [0.1, 0.15) is 37.3 Å². The maximum Gasteiger partial charge on any atom is 0.227 e. The van der Waals surface area contributed by atoms with Gasteiger partial charge in [-0.15, -0.1) is 0 Å².